The fraction of sp³-hybridized carbons (Fsp3) is 0.455. The van der Waals surface area contributed by atoms with Crippen LogP contribution in [0, 0.1) is 0 Å². The minimum atomic E-state index is -0.128. The van der Waals surface area contributed by atoms with E-state index in [1.807, 2.05) is 49.1 Å². The molecule has 0 spiro atoms. The van der Waals surface area contributed by atoms with Crippen molar-refractivity contribution < 1.29 is 9.59 Å². The van der Waals surface area contributed by atoms with Crippen LogP contribution in [0.25, 0.3) is 0 Å². The normalized spacial score (nSPS) is 17.7. The van der Waals surface area contributed by atoms with Crippen LogP contribution in [-0.2, 0) is 11.3 Å². The largest absolute Gasteiger partial charge is 0.335 e. The van der Waals surface area contributed by atoms with E-state index in [0.717, 1.165) is 12.0 Å². The minimum absolute atomic E-state index is 0.00874. The van der Waals surface area contributed by atoms with Gasteiger partial charge in [-0.2, -0.15) is 0 Å². The van der Waals surface area contributed by atoms with Crippen molar-refractivity contribution in [1.29, 1.82) is 0 Å². The van der Waals surface area contributed by atoms with Crippen LogP contribution in [0.1, 0.15) is 61.4 Å². The number of rotatable bonds is 5. The molecular weight excluding hydrogens is 352 g/mol. The van der Waals surface area contributed by atoms with Crippen LogP contribution in [-0.4, -0.2) is 50.7 Å². The van der Waals surface area contributed by atoms with E-state index in [2.05, 4.69) is 16.9 Å². The van der Waals surface area contributed by atoms with E-state index in [1.165, 1.54) is 0 Å². The molecule has 148 valence electrons. The fourth-order valence-electron chi connectivity index (χ4n) is 3.49. The Morgan fingerprint density at radius 3 is 2.64 bits per heavy atom. The Balaban J connectivity index is 1.79. The third-order valence-electron chi connectivity index (χ3n) is 5.15. The molecule has 0 unspecified atom stereocenters. The molecule has 28 heavy (non-hydrogen) atoms. The second kappa shape index (κ2) is 8.95. The Bertz CT molecular complexity index is 822. The zero-order valence-electron chi connectivity index (χ0n) is 16.8. The van der Waals surface area contributed by atoms with Crippen molar-refractivity contribution in [3.8, 4) is 0 Å². The van der Waals surface area contributed by atoms with Gasteiger partial charge in [0.15, 0.2) is 0 Å². The summed E-state index contributed by atoms with van der Waals surface area (Å²) < 4.78 is 0. The molecule has 0 saturated carbocycles. The standard InChI is InChI=1S/C22H28N4O2/c1-4-18-15-25(22(28)19-10-12-23-21(24-19)16(2)3)13-11-20(27)26(18)14-17-8-6-5-7-9-17/h5-10,12,16,18H,4,11,13-15H2,1-3H3/t18-/m1/s1. The molecule has 0 N–H and O–H groups in total. The molecule has 0 radical (unpaired) electrons. The quantitative estimate of drug-likeness (QED) is 0.799. The SMILES string of the molecule is CC[C@@H]1CN(C(=O)c2ccnc(C(C)C)n2)CCC(=O)N1Cc1ccccc1. The topological polar surface area (TPSA) is 66.4 Å². The van der Waals surface area contributed by atoms with E-state index < -0.39 is 0 Å². The van der Waals surface area contributed by atoms with Crippen molar-refractivity contribution in [2.24, 2.45) is 0 Å². The summed E-state index contributed by atoms with van der Waals surface area (Å²) in [5.41, 5.74) is 1.50. The molecule has 2 aromatic rings. The maximum absolute atomic E-state index is 13.1. The Labute approximate surface area is 166 Å². The van der Waals surface area contributed by atoms with E-state index in [0.29, 0.717) is 37.6 Å². The molecule has 1 saturated heterocycles. The Morgan fingerprint density at radius 2 is 1.96 bits per heavy atom. The Kier molecular flexibility index (Phi) is 6.39. The number of nitrogens with zero attached hydrogens (tertiary/aromatic N) is 4. The van der Waals surface area contributed by atoms with Gasteiger partial charge >= 0.3 is 0 Å². The summed E-state index contributed by atoms with van der Waals surface area (Å²) in [6, 6.07) is 11.6. The smallest absolute Gasteiger partial charge is 0.272 e. The van der Waals surface area contributed by atoms with Crippen LogP contribution in [0.5, 0.6) is 0 Å². The third kappa shape index (κ3) is 4.55. The average Bonchev–Trinajstić information content (AvgIpc) is 2.87. The lowest BCUT2D eigenvalue weighted by Gasteiger charge is -2.31. The van der Waals surface area contributed by atoms with Gasteiger partial charge in [-0.1, -0.05) is 51.1 Å². The van der Waals surface area contributed by atoms with Crippen LogP contribution in [0.3, 0.4) is 0 Å². The van der Waals surface area contributed by atoms with Gasteiger partial charge in [0.1, 0.15) is 11.5 Å². The number of hydrogen-bond donors (Lipinski definition) is 0. The van der Waals surface area contributed by atoms with Crippen LogP contribution in [0.4, 0.5) is 0 Å². The molecule has 1 fully saturated rings. The van der Waals surface area contributed by atoms with Crippen molar-refractivity contribution >= 4 is 11.8 Å². The van der Waals surface area contributed by atoms with Gasteiger partial charge in [0, 0.05) is 44.2 Å². The third-order valence-corrected chi connectivity index (χ3v) is 5.15. The first-order valence-electron chi connectivity index (χ1n) is 9.95. The molecule has 2 heterocycles. The van der Waals surface area contributed by atoms with Crippen LogP contribution < -0.4 is 0 Å². The monoisotopic (exact) mass is 380 g/mol. The lowest BCUT2D eigenvalue weighted by atomic mass is 10.1. The summed E-state index contributed by atoms with van der Waals surface area (Å²) in [4.78, 5) is 38.2. The summed E-state index contributed by atoms with van der Waals surface area (Å²) in [6.07, 6.45) is 2.76. The number of benzene rings is 1. The van der Waals surface area contributed by atoms with E-state index >= 15 is 0 Å². The predicted octanol–water partition coefficient (Wildman–Crippen LogP) is 3.25. The Morgan fingerprint density at radius 1 is 1.21 bits per heavy atom. The van der Waals surface area contributed by atoms with E-state index in [1.54, 1.807) is 17.2 Å². The summed E-state index contributed by atoms with van der Waals surface area (Å²) in [5, 5.41) is 0. The van der Waals surface area contributed by atoms with Crippen molar-refractivity contribution in [1.82, 2.24) is 19.8 Å². The summed E-state index contributed by atoms with van der Waals surface area (Å²) in [6.45, 7) is 7.58. The predicted molar refractivity (Wildman–Crippen MR) is 108 cm³/mol. The average molecular weight is 380 g/mol. The van der Waals surface area contributed by atoms with Crippen molar-refractivity contribution in [3.63, 3.8) is 0 Å². The molecule has 0 bridgehead atoms. The summed E-state index contributed by atoms with van der Waals surface area (Å²) in [7, 11) is 0. The molecule has 1 atom stereocenters. The second-order valence-corrected chi connectivity index (χ2v) is 7.53. The van der Waals surface area contributed by atoms with Gasteiger partial charge in [-0.15, -0.1) is 0 Å². The number of carbonyl (C=O) groups is 2. The van der Waals surface area contributed by atoms with Gasteiger partial charge in [0.2, 0.25) is 5.91 Å². The van der Waals surface area contributed by atoms with Gasteiger partial charge in [0.25, 0.3) is 5.91 Å². The van der Waals surface area contributed by atoms with E-state index in [9.17, 15) is 9.59 Å². The molecule has 2 amide bonds. The van der Waals surface area contributed by atoms with Crippen LogP contribution in [0.2, 0.25) is 0 Å². The van der Waals surface area contributed by atoms with E-state index in [-0.39, 0.29) is 23.8 Å². The Hall–Kier alpha value is -2.76. The first kappa shape index (κ1) is 20.0. The second-order valence-electron chi connectivity index (χ2n) is 7.53. The minimum Gasteiger partial charge on any atom is -0.335 e. The molecule has 0 aliphatic carbocycles. The highest BCUT2D eigenvalue weighted by atomic mass is 16.2. The summed E-state index contributed by atoms with van der Waals surface area (Å²) in [5.74, 6) is 0.784. The zero-order valence-corrected chi connectivity index (χ0v) is 16.8. The summed E-state index contributed by atoms with van der Waals surface area (Å²) >= 11 is 0. The molecule has 1 aliphatic heterocycles. The molecular formula is C22H28N4O2. The molecule has 1 aromatic carbocycles. The highest BCUT2D eigenvalue weighted by Crippen LogP contribution is 2.19. The molecule has 3 rings (SSSR count). The maximum Gasteiger partial charge on any atom is 0.272 e. The van der Waals surface area contributed by atoms with Crippen LogP contribution in [0.15, 0.2) is 42.6 Å². The van der Waals surface area contributed by atoms with Crippen molar-refractivity contribution in [3.05, 3.63) is 59.7 Å². The molecule has 6 nitrogen and oxygen atoms in total. The lowest BCUT2D eigenvalue weighted by molar-refractivity contribution is -0.133. The molecule has 1 aliphatic rings. The maximum atomic E-state index is 13.1. The van der Waals surface area contributed by atoms with Crippen molar-refractivity contribution in [2.75, 3.05) is 13.1 Å². The zero-order chi connectivity index (χ0) is 20.1. The fourth-order valence-corrected chi connectivity index (χ4v) is 3.49. The van der Waals surface area contributed by atoms with Gasteiger partial charge in [-0.3, -0.25) is 9.59 Å². The van der Waals surface area contributed by atoms with Gasteiger partial charge < -0.3 is 9.80 Å². The van der Waals surface area contributed by atoms with Crippen LogP contribution >= 0.6 is 0 Å². The highest BCUT2D eigenvalue weighted by molar-refractivity contribution is 5.93. The number of carbonyl (C=O) groups excluding carboxylic acids is 2. The first-order chi connectivity index (χ1) is 13.5. The lowest BCUT2D eigenvalue weighted by Crippen LogP contribution is -2.44. The number of aromatic nitrogens is 2. The highest BCUT2D eigenvalue weighted by Gasteiger charge is 2.31. The number of amides is 2. The molecule has 6 heteroatoms. The van der Waals surface area contributed by atoms with Gasteiger partial charge in [-0.05, 0) is 18.1 Å². The van der Waals surface area contributed by atoms with Crippen molar-refractivity contribution in [2.45, 2.75) is 52.1 Å². The number of hydrogen-bond acceptors (Lipinski definition) is 4. The van der Waals surface area contributed by atoms with Gasteiger partial charge in [-0.25, -0.2) is 9.97 Å². The van der Waals surface area contributed by atoms with E-state index in [4.69, 9.17) is 0 Å². The first-order valence-corrected chi connectivity index (χ1v) is 9.95. The van der Waals surface area contributed by atoms with Gasteiger partial charge in [0.05, 0.1) is 0 Å². The molecule has 1 aromatic heterocycles.